The summed E-state index contributed by atoms with van der Waals surface area (Å²) in [6.07, 6.45) is 2.90. The lowest BCUT2D eigenvalue weighted by Gasteiger charge is -2.09. The molecule has 0 aliphatic carbocycles. The van der Waals surface area contributed by atoms with Crippen LogP contribution in [0.3, 0.4) is 0 Å². The molecular formula is C20H25NO7. The van der Waals surface area contributed by atoms with Crippen molar-refractivity contribution in [2.45, 2.75) is 13.3 Å². The predicted octanol–water partition coefficient (Wildman–Crippen LogP) is 2.49. The molecule has 0 aliphatic heterocycles. The maximum Gasteiger partial charge on any atom is 0.407 e. The van der Waals surface area contributed by atoms with Gasteiger partial charge >= 0.3 is 18.0 Å². The molecule has 0 heterocycles. The molecular weight excluding hydrogens is 366 g/mol. The monoisotopic (exact) mass is 391 g/mol. The van der Waals surface area contributed by atoms with Gasteiger partial charge in [-0.2, -0.15) is 0 Å². The molecule has 1 aromatic carbocycles. The van der Waals surface area contributed by atoms with Gasteiger partial charge in [-0.3, -0.25) is 0 Å². The molecule has 0 saturated carbocycles. The Labute approximate surface area is 164 Å². The molecule has 0 atom stereocenters. The lowest BCUT2D eigenvalue weighted by molar-refractivity contribution is -0.138. The first-order valence-corrected chi connectivity index (χ1v) is 8.64. The van der Waals surface area contributed by atoms with Crippen LogP contribution in [0.15, 0.2) is 42.5 Å². The summed E-state index contributed by atoms with van der Waals surface area (Å²) < 4.78 is 19.9. The van der Waals surface area contributed by atoms with Gasteiger partial charge in [-0.05, 0) is 30.7 Å². The Hall–Kier alpha value is -3.29. The molecule has 1 rings (SSSR count). The number of esters is 2. The summed E-state index contributed by atoms with van der Waals surface area (Å²) >= 11 is 0. The fourth-order valence-electron chi connectivity index (χ4n) is 1.79. The van der Waals surface area contributed by atoms with Crippen molar-refractivity contribution in [3.8, 4) is 5.75 Å². The number of rotatable bonds is 11. The second-order valence-corrected chi connectivity index (χ2v) is 5.61. The van der Waals surface area contributed by atoms with Crippen LogP contribution in [0.5, 0.6) is 5.75 Å². The smallest absolute Gasteiger partial charge is 0.407 e. The normalized spacial score (nSPS) is 10.2. The van der Waals surface area contributed by atoms with Crippen LogP contribution in [-0.4, -0.2) is 51.5 Å². The van der Waals surface area contributed by atoms with Crippen molar-refractivity contribution in [2.24, 2.45) is 0 Å². The number of carbonyl (C=O) groups excluding carboxylic acids is 3. The van der Waals surface area contributed by atoms with Crippen molar-refractivity contribution < 1.29 is 33.3 Å². The van der Waals surface area contributed by atoms with Gasteiger partial charge in [0.05, 0.1) is 26.9 Å². The lowest BCUT2D eigenvalue weighted by atomic mass is 10.2. The van der Waals surface area contributed by atoms with Crippen molar-refractivity contribution in [1.82, 2.24) is 5.32 Å². The maximum atomic E-state index is 11.5. The molecule has 8 heteroatoms. The van der Waals surface area contributed by atoms with Gasteiger partial charge in [-0.1, -0.05) is 18.7 Å². The molecule has 1 N–H and O–H groups in total. The lowest BCUT2D eigenvalue weighted by Crippen LogP contribution is -2.29. The zero-order valence-corrected chi connectivity index (χ0v) is 16.1. The Balaban J connectivity index is 2.12. The highest BCUT2D eigenvalue weighted by Crippen LogP contribution is 2.13. The molecule has 0 aliphatic rings. The zero-order chi connectivity index (χ0) is 20.8. The van der Waals surface area contributed by atoms with Gasteiger partial charge < -0.3 is 24.3 Å². The van der Waals surface area contributed by atoms with E-state index in [4.69, 9.17) is 14.2 Å². The van der Waals surface area contributed by atoms with Gasteiger partial charge in [0.15, 0.2) is 0 Å². The average molecular weight is 391 g/mol. The molecule has 152 valence electrons. The van der Waals surface area contributed by atoms with Crippen LogP contribution in [0.4, 0.5) is 4.79 Å². The van der Waals surface area contributed by atoms with E-state index < -0.39 is 18.0 Å². The van der Waals surface area contributed by atoms with Crippen molar-refractivity contribution >= 4 is 24.1 Å². The van der Waals surface area contributed by atoms with Gasteiger partial charge in [-0.25, -0.2) is 14.4 Å². The molecule has 1 aromatic rings. The Morgan fingerprint density at radius 2 is 1.79 bits per heavy atom. The minimum Gasteiger partial charge on any atom is -0.493 e. The summed E-state index contributed by atoms with van der Waals surface area (Å²) in [5, 5.41) is 2.47. The van der Waals surface area contributed by atoms with Crippen LogP contribution >= 0.6 is 0 Å². The molecule has 0 fully saturated rings. The van der Waals surface area contributed by atoms with Gasteiger partial charge in [0.2, 0.25) is 0 Å². The van der Waals surface area contributed by atoms with Crippen molar-refractivity contribution in [3.63, 3.8) is 0 Å². The largest absolute Gasteiger partial charge is 0.493 e. The molecule has 0 aromatic heterocycles. The Bertz CT molecular complexity index is 695. The number of carbonyl (C=O) groups is 3. The average Bonchev–Trinajstić information content (AvgIpc) is 2.69. The van der Waals surface area contributed by atoms with Gasteiger partial charge in [0.25, 0.3) is 0 Å². The summed E-state index contributed by atoms with van der Waals surface area (Å²) in [5.41, 5.74) is 1.14. The molecule has 0 bridgehead atoms. The third-order valence-electron chi connectivity index (χ3n) is 3.24. The number of hydrogen-bond acceptors (Lipinski definition) is 7. The topological polar surface area (TPSA) is 100 Å². The van der Waals surface area contributed by atoms with E-state index in [1.165, 1.54) is 13.2 Å². The van der Waals surface area contributed by atoms with Crippen molar-refractivity contribution in [2.75, 3.05) is 33.5 Å². The van der Waals surface area contributed by atoms with Crippen LogP contribution in [0.2, 0.25) is 0 Å². The first-order chi connectivity index (χ1) is 13.4. The summed E-state index contributed by atoms with van der Waals surface area (Å²) in [6.45, 7) is 5.77. The molecule has 0 unspecified atom stereocenters. The summed E-state index contributed by atoms with van der Waals surface area (Å²) in [6, 6.07) is 7.16. The standard InChI is InChI=1S/C20H25NO7/c1-15(2)19(23)27-14-11-21-20(24)28-13-4-12-26-17-8-5-16(6-9-17)7-10-18(22)25-3/h5-10H,1,4,11-14H2,2-3H3,(H,21,24)/b10-7+. The molecule has 0 spiro atoms. The van der Waals surface area contributed by atoms with E-state index in [9.17, 15) is 14.4 Å². The second-order valence-electron chi connectivity index (χ2n) is 5.61. The number of alkyl carbamates (subject to hydrolysis) is 1. The minimum absolute atomic E-state index is 0.0503. The quantitative estimate of drug-likeness (QED) is 0.268. The molecule has 8 nitrogen and oxygen atoms in total. The third-order valence-corrected chi connectivity index (χ3v) is 3.24. The third kappa shape index (κ3) is 10.0. The van der Waals surface area contributed by atoms with Crippen LogP contribution in [-0.2, 0) is 23.8 Å². The Morgan fingerprint density at radius 3 is 2.43 bits per heavy atom. The fraction of sp³-hybridized carbons (Fsp3) is 0.350. The highest BCUT2D eigenvalue weighted by molar-refractivity contribution is 5.87. The molecule has 0 radical (unpaired) electrons. The van der Waals surface area contributed by atoms with Crippen LogP contribution in [0.1, 0.15) is 18.9 Å². The highest BCUT2D eigenvalue weighted by Gasteiger charge is 2.04. The van der Waals surface area contributed by atoms with E-state index in [2.05, 4.69) is 16.6 Å². The van der Waals surface area contributed by atoms with Gasteiger partial charge in [-0.15, -0.1) is 0 Å². The van der Waals surface area contributed by atoms with E-state index in [0.29, 0.717) is 24.4 Å². The van der Waals surface area contributed by atoms with E-state index >= 15 is 0 Å². The SMILES string of the molecule is C=C(C)C(=O)OCCNC(=O)OCCCOc1ccc(/C=C/C(=O)OC)cc1. The number of benzene rings is 1. The minimum atomic E-state index is -0.590. The van der Waals surface area contributed by atoms with Gasteiger partial charge in [0, 0.05) is 18.1 Å². The van der Waals surface area contributed by atoms with Crippen molar-refractivity contribution in [1.29, 1.82) is 0 Å². The zero-order valence-electron chi connectivity index (χ0n) is 16.1. The van der Waals surface area contributed by atoms with E-state index in [1.54, 1.807) is 37.3 Å². The number of amides is 1. The van der Waals surface area contributed by atoms with E-state index in [0.717, 1.165) is 5.56 Å². The number of methoxy groups -OCH3 is 1. The molecule has 0 saturated heterocycles. The van der Waals surface area contributed by atoms with Crippen molar-refractivity contribution in [3.05, 3.63) is 48.1 Å². The number of hydrogen-bond donors (Lipinski definition) is 1. The molecule has 1 amide bonds. The first-order valence-electron chi connectivity index (χ1n) is 8.64. The first kappa shape index (κ1) is 22.8. The second kappa shape index (κ2) is 13.0. The highest BCUT2D eigenvalue weighted by atomic mass is 16.6. The number of ether oxygens (including phenoxy) is 4. The Morgan fingerprint density at radius 1 is 1.07 bits per heavy atom. The van der Waals surface area contributed by atoms with Crippen LogP contribution in [0.25, 0.3) is 6.08 Å². The summed E-state index contributed by atoms with van der Waals surface area (Å²) in [7, 11) is 1.32. The predicted molar refractivity (Wildman–Crippen MR) is 103 cm³/mol. The van der Waals surface area contributed by atoms with E-state index in [-0.39, 0.29) is 19.8 Å². The maximum absolute atomic E-state index is 11.5. The van der Waals surface area contributed by atoms with E-state index in [1.807, 2.05) is 0 Å². The van der Waals surface area contributed by atoms with Gasteiger partial charge in [0.1, 0.15) is 12.4 Å². The number of nitrogens with one attached hydrogen (secondary N) is 1. The Kier molecular flexibility index (Phi) is 10.5. The fourth-order valence-corrected chi connectivity index (χ4v) is 1.79. The summed E-state index contributed by atoms with van der Waals surface area (Å²) in [4.78, 5) is 33.6. The molecule has 28 heavy (non-hydrogen) atoms. The summed E-state index contributed by atoms with van der Waals surface area (Å²) in [5.74, 6) is -0.254. The van der Waals surface area contributed by atoms with Crippen LogP contribution in [0, 0.1) is 0 Å². The van der Waals surface area contributed by atoms with Crippen LogP contribution < -0.4 is 10.1 Å².